The predicted molar refractivity (Wildman–Crippen MR) is 86.9 cm³/mol. The Morgan fingerprint density at radius 1 is 1.23 bits per heavy atom. The molecule has 0 aromatic heterocycles. The molecule has 0 aliphatic carbocycles. The molecule has 126 valence electrons. The standard InChI is InChI=1S/C17H31N3O2/c1-16(2,12-14-4-8-19(3)9-5-14)20-10-6-17(7-11-20)13-18-15(21)22-17/h14H,4-13H2,1-3H3,(H,18,21). The third-order valence-electron chi connectivity index (χ3n) is 6.02. The molecule has 0 bridgehead atoms. The van der Waals surface area contributed by atoms with Crippen LogP contribution in [-0.4, -0.2) is 66.8 Å². The number of hydrogen-bond acceptors (Lipinski definition) is 4. The zero-order chi connectivity index (χ0) is 15.8. The number of alkyl carbamates (subject to hydrolysis) is 1. The number of hydrogen-bond donors (Lipinski definition) is 1. The lowest BCUT2D eigenvalue weighted by molar-refractivity contribution is -0.0323. The Bertz CT molecular complexity index is 408. The van der Waals surface area contributed by atoms with Crippen molar-refractivity contribution >= 4 is 6.09 Å². The van der Waals surface area contributed by atoms with Gasteiger partial charge in [0.15, 0.2) is 0 Å². The highest BCUT2D eigenvalue weighted by atomic mass is 16.6. The number of nitrogens with one attached hydrogen (secondary N) is 1. The van der Waals surface area contributed by atoms with E-state index in [4.69, 9.17) is 4.74 Å². The van der Waals surface area contributed by atoms with E-state index in [1.807, 2.05) is 0 Å². The van der Waals surface area contributed by atoms with E-state index < -0.39 is 0 Å². The second-order valence-corrected chi connectivity index (χ2v) is 8.18. The minimum absolute atomic E-state index is 0.225. The van der Waals surface area contributed by atoms with Crippen LogP contribution in [0.5, 0.6) is 0 Å². The molecule has 0 radical (unpaired) electrons. The number of carbonyl (C=O) groups is 1. The summed E-state index contributed by atoms with van der Waals surface area (Å²) in [5.74, 6) is 0.855. The van der Waals surface area contributed by atoms with E-state index in [1.54, 1.807) is 0 Å². The van der Waals surface area contributed by atoms with Crippen LogP contribution in [0.4, 0.5) is 4.79 Å². The zero-order valence-corrected chi connectivity index (χ0v) is 14.4. The Balaban J connectivity index is 1.52. The average Bonchev–Trinajstić information content (AvgIpc) is 2.82. The van der Waals surface area contributed by atoms with Gasteiger partial charge in [-0.05, 0) is 59.2 Å². The highest BCUT2D eigenvalue weighted by Crippen LogP contribution is 2.35. The first-order valence-electron chi connectivity index (χ1n) is 8.79. The molecule has 0 unspecified atom stereocenters. The molecule has 1 amide bonds. The van der Waals surface area contributed by atoms with Crippen molar-refractivity contribution in [2.75, 3.05) is 39.8 Å². The van der Waals surface area contributed by atoms with Crippen LogP contribution in [-0.2, 0) is 4.74 Å². The van der Waals surface area contributed by atoms with Gasteiger partial charge in [-0.2, -0.15) is 0 Å². The van der Waals surface area contributed by atoms with Gasteiger partial charge in [-0.1, -0.05) is 0 Å². The molecule has 3 saturated heterocycles. The lowest BCUT2D eigenvalue weighted by Crippen LogP contribution is -2.54. The summed E-state index contributed by atoms with van der Waals surface area (Å²) < 4.78 is 5.53. The highest BCUT2D eigenvalue weighted by Gasteiger charge is 2.45. The van der Waals surface area contributed by atoms with Crippen molar-refractivity contribution in [2.24, 2.45) is 5.92 Å². The number of nitrogens with zero attached hydrogens (tertiary/aromatic N) is 2. The summed E-state index contributed by atoms with van der Waals surface area (Å²) in [6, 6.07) is 0. The van der Waals surface area contributed by atoms with E-state index in [9.17, 15) is 4.79 Å². The van der Waals surface area contributed by atoms with Gasteiger partial charge in [0.2, 0.25) is 0 Å². The maximum atomic E-state index is 11.3. The van der Waals surface area contributed by atoms with E-state index >= 15 is 0 Å². The smallest absolute Gasteiger partial charge is 0.407 e. The normalized spacial score (nSPS) is 27.9. The van der Waals surface area contributed by atoms with E-state index in [0.717, 1.165) is 31.8 Å². The molecular weight excluding hydrogens is 278 g/mol. The summed E-state index contributed by atoms with van der Waals surface area (Å²) in [5, 5.41) is 2.82. The third kappa shape index (κ3) is 3.40. The molecule has 1 N–H and O–H groups in total. The second kappa shape index (κ2) is 6.00. The van der Waals surface area contributed by atoms with Crippen molar-refractivity contribution in [3.8, 4) is 0 Å². The van der Waals surface area contributed by atoms with Crippen molar-refractivity contribution in [3.63, 3.8) is 0 Å². The summed E-state index contributed by atoms with van der Waals surface area (Å²) in [6.45, 7) is 10.0. The minimum Gasteiger partial charge on any atom is -0.441 e. The van der Waals surface area contributed by atoms with Crippen LogP contribution in [0.2, 0.25) is 0 Å². The number of amides is 1. The Kier molecular flexibility index (Phi) is 4.38. The quantitative estimate of drug-likeness (QED) is 0.867. The van der Waals surface area contributed by atoms with E-state index in [1.165, 1.54) is 32.4 Å². The predicted octanol–water partition coefficient (Wildman–Crippen LogP) is 2.07. The number of likely N-dealkylation sites (tertiary alicyclic amines) is 2. The Hall–Kier alpha value is -0.810. The zero-order valence-electron chi connectivity index (χ0n) is 14.4. The van der Waals surface area contributed by atoms with Gasteiger partial charge in [-0.15, -0.1) is 0 Å². The van der Waals surface area contributed by atoms with E-state index in [2.05, 4.69) is 36.0 Å². The van der Waals surface area contributed by atoms with Gasteiger partial charge in [-0.25, -0.2) is 4.79 Å². The average molecular weight is 309 g/mol. The molecule has 1 spiro atoms. The molecule has 3 aliphatic rings. The van der Waals surface area contributed by atoms with Crippen LogP contribution in [0.3, 0.4) is 0 Å². The first-order valence-corrected chi connectivity index (χ1v) is 8.79. The molecular formula is C17H31N3O2. The first-order chi connectivity index (χ1) is 10.4. The maximum Gasteiger partial charge on any atom is 0.407 e. The van der Waals surface area contributed by atoms with Crippen molar-refractivity contribution < 1.29 is 9.53 Å². The SMILES string of the molecule is CN1CCC(CC(C)(C)N2CCC3(CC2)CNC(=O)O3)CC1. The molecule has 3 heterocycles. The number of ether oxygens (including phenoxy) is 1. The molecule has 3 fully saturated rings. The van der Waals surface area contributed by atoms with Crippen LogP contribution < -0.4 is 5.32 Å². The summed E-state index contributed by atoms with van der Waals surface area (Å²) in [7, 11) is 2.22. The summed E-state index contributed by atoms with van der Waals surface area (Å²) in [4.78, 5) is 16.4. The first kappa shape index (κ1) is 16.1. The van der Waals surface area contributed by atoms with Crippen LogP contribution in [0.1, 0.15) is 46.0 Å². The van der Waals surface area contributed by atoms with Gasteiger partial charge in [-0.3, -0.25) is 4.90 Å². The fraction of sp³-hybridized carbons (Fsp3) is 0.941. The lowest BCUT2D eigenvalue weighted by atomic mass is 9.81. The van der Waals surface area contributed by atoms with Crippen LogP contribution in [0.25, 0.3) is 0 Å². The third-order valence-corrected chi connectivity index (χ3v) is 6.02. The van der Waals surface area contributed by atoms with Gasteiger partial charge in [0.1, 0.15) is 5.60 Å². The summed E-state index contributed by atoms with van der Waals surface area (Å²) in [5.41, 5.74) is 0.0233. The second-order valence-electron chi connectivity index (χ2n) is 8.18. The number of rotatable bonds is 3. The summed E-state index contributed by atoms with van der Waals surface area (Å²) >= 11 is 0. The molecule has 5 nitrogen and oxygen atoms in total. The van der Waals surface area contributed by atoms with Gasteiger partial charge < -0.3 is 15.0 Å². The van der Waals surface area contributed by atoms with Gasteiger partial charge in [0, 0.05) is 31.5 Å². The van der Waals surface area contributed by atoms with E-state index in [0.29, 0.717) is 6.54 Å². The van der Waals surface area contributed by atoms with Crippen molar-refractivity contribution in [1.82, 2.24) is 15.1 Å². The molecule has 3 aliphatic heterocycles. The van der Waals surface area contributed by atoms with Gasteiger partial charge >= 0.3 is 6.09 Å². The molecule has 0 aromatic carbocycles. The van der Waals surface area contributed by atoms with E-state index in [-0.39, 0.29) is 17.2 Å². The van der Waals surface area contributed by atoms with Gasteiger partial charge in [0.05, 0.1) is 6.54 Å². The van der Waals surface area contributed by atoms with Crippen molar-refractivity contribution in [2.45, 2.75) is 57.1 Å². The maximum absolute atomic E-state index is 11.3. The molecule has 22 heavy (non-hydrogen) atoms. The van der Waals surface area contributed by atoms with Crippen LogP contribution in [0.15, 0.2) is 0 Å². The Morgan fingerprint density at radius 2 is 1.86 bits per heavy atom. The van der Waals surface area contributed by atoms with Gasteiger partial charge in [0.25, 0.3) is 0 Å². The fourth-order valence-corrected chi connectivity index (χ4v) is 4.40. The van der Waals surface area contributed by atoms with Crippen molar-refractivity contribution in [3.05, 3.63) is 0 Å². The molecule has 0 aromatic rings. The molecule has 3 rings (SSSR count). The van der Waals surface area contributed by atoms with Crippen LogP contribution in [0, 0.1) is 5.92 Å². The fourth-order valence-electron chi connectivity index (χ4n) is 4.40. The molecule has 0 atom stereocenters. The lowest BCUT2D eigenvalue weighted by Gasteiger charge is -2.47. The largest absolute Gasteiger partial charge is 0.441 e. The van der Waals surface area contributed by atoms with Crippen LogP contribution >= 0.6 is 0 Å². The minimum atomic E-state index is -0.237. The monoisotopic (exact) mass is 309 g/mol. The summed E-state index contributed by atoms with van der Waals surface area (Å²) in [6.07, 6.45) is 5.63. The molecule has 0 saturated carbocycles. The number of piperidine rings is 2. The molecule has 5 heteroatoms. The topological polar surface area (TPSA) is 44.8 Å². The number of carbonyl (C=O) groups excluding carboxylic acids is 1. The highest BCUT2D eigenvalue weighted by molar-refractivity contribution is 5.70. The Morgan fingerprint density at radius 3 is 2.41 bits per heavy atom. The van der Waals surface area contributed by atoms with Crippen molar-refractivity contribution in [1.29, 1.82) is 0 Å². The Labute approximate surface area is 134 Å².